The highest BCUT2D eigenvalue weighted by Crippen LogP contribution is 2.46. The predicted octanol–water partition coefficient (Wildman–Crippen LogP) is 2.11. The Morgan fingerprint density at radius 3 is 2.36 bits per heavy atom. The van der Waals surface area contributed by atoms with Crippen molar-refractivity contribution in [1.29, 1.82) is 0 Å². The SMILES string of the molecule is CCC(=O)N1CCCCC1C(=O)N1CCN(C2CC3CCC2C3)CC1. The van der Waals surface area contributed by atoms with Gasteiger partial charge in [0.1, 0.15) is 6.04 Å². The van der Waals surface area contributed by atoms with Gasteiger partial charge in [-0.3, -0.25) is 14.5 Å². The Kier molecular flexibility index (Phi) is 5.03. The molecule has 2 saturated carbocycles. The molecule has 5 heteroatoms. The first-order valence-electron chi connectivity index (χ1n) is 10.5. The molecule has 25 heavy (non-hydrogen) atoms. The molecule has 140 valence electrons. The van der Waals surface area contributed by atoms with Gasteiger partial charge in [0.25, 0.3) is 0 Å². The minimum atomic E-state index is -0.199. The van der Waals surface area contributed by atoms with Gasteiger partial charge in [-0.25, -0.2) is 0 Å². The summed E-state index contributed by atoms with van der Waals surface area (Å²) in [6.07, 6.45) is 9.15. The highest BCUT2D eigenvalue weighted by Gasteiger charge is 2.43. The number of nitrogens with zero attached hydrogens (tertiary/aromatic N) is 3. The molecule has 2 heterocycles. The fourth-order valence-corrected chi connectivity index (χ4v) is 5.83. The molecule has 2 bridgehead atoms. The third-order valence-electron chi connectivity index (χ3n) is 7.21. The van der Waals surface area contributed by atoms with E-state index >= 15 is 0 Å². The maximum atomic E-state index is 13.1. The van der Waals surface area contributed by atoms with Crippen LogP contribution in [0.3, 0.4) is 0 Å². The van der Waals surface area contributed by atoms with Crippen molar-refractivity contribution >= 4 is 11.8 Å². The number of hydrogen-bond donors (Lipinski definition) is 0. The number of piperidine rings is 1. The summed E-state index contributed by atoms with van der Waals surface area (Å²) in [5.41, 5.74) is 0. The molecule has 5 nitrogen and oxygen atoms in total. The van der Waals surface area contributed by atoms with Crippen molar-refractivity contribution < 1.29 is 9.59 Å². The van der Waals surface area contributed by atoms with E-state index < -0.39 is 0 Å². The van der Waals surface area contributed by atoms with Crippen LogP contribution in [0.5, 0.6) is 0 Å². The molecular weight excluding hydrogens is 314 g/mol. The van der Waals surface area contributed by atoms with E-state index in [2.05, 4.69) is 4.90 Å². The van der Waals surface area contributed by atoms with E-state index in [4.69, 9.17) is 0 Å². The molecule has 0 aromatic carbocycles. The number of carbonyl (C=O) groups excluding carboxylic acids is 2. The summed E-state index contributed by atoms with van der Waals surface area (Å²) >= 11 is 0. The van der Waals surface area contributed by atoms with Crippen molar-refractivity contribution in [3.63, 3.8) is 0 Å². The van der Waals surface area contributed by atoms with Crippen molar-refractivity contribution in [1.82, 2.24) is 14.7 Å². The molecule has 0 aromatic rings. The van der Waals surface area contributed by atoms with Crippen molar-refractivity contribution in [2.75, 3.05) is 32.7 Å². The smallest absolute Gasteiger partial charge is 0.245 e. The summed E-state index contributed by atoms with van der Waals surface area (Å²) < 4.78 is 0. The normalized spacial score (nSPS) is 36.0. The Labute approximate surface area is 151 Å². The van der Waals surface area contributed by atoms with Crippen LogP contribution in [0.1, 0.15) is 58.3 Å². The van der Waals surface area contributed by atoms with E-state index in [0.29, 0.717) is 6.42 Å². The molecule has 2 amide bonds. The zero-order valence-electron chi connectivity index (χ0n) is 15.7. The quantitative estimate of drug-likeness (QED) is 0.785. The van der Waals surface area contributed by atoms with Crippen LogP contribution in [-0.4, -0.2) is 71.3 Å². The van der Waals surface area contributed by atoms with Gasteiger partial charge in [0, 0.05) is 45.2 Å². The van der Waals surface area contributed by atoms with Gasteiger partial charge in [0.05, 0.1) is 0 Å². The van der Waals surface area contributed by atoms with Crippen molar-refractivity contribution in [3.05, 3.63) is 0 Å². The Hall–Kier alpha value is -1.10. The Balaban J connectivity index is 1.33. The first-order chi connectivity index (χ1) is 12.2. The predicted molar refractivity (Wildman–Crippen MR) is 97.0 cm³/mol. The largest absolute Gasteiger partial charge is 0.338 e. The lowest BCUT2D eigenvalue weighted by atomic mass is 9.93. The Bertz CT molecular complexity index is 515. The first-order valence-corrected chi connectivity index (χ1v) is 10.5. The molecule has 2 aliphatic heterocycles. The third kappa shape index (κ3) is 3.32. The van der Waals surface area contributed by atoms with Gasteiger partial charge >= 0.3 is 0 Å². The van der Waals surface area contributed by atoms with E-state index in [-0.39, 0.29) is 17.9 Å². The molecule has 4 rings (SSSR count). The van der Waals surface area contributed by atoms with Crippen LogP contribution in [-0.2, 0) is 9.59 Å². The molecule has 4 aliphatic rings. The number of fused-ring (bicyclic) bond motifs is 2. The van der Waals surface area contributed by atoms with Crippen LogP contribution in [0.2, 0.25) is 0 Å². The summed E-state index contributed by atoms with van der Waals surface area (Å²) in [6.45, 7) is 6.39. The molecule has 0 N–H and O–H groups in total. The van der Waals surface area contributed by atoms with E-state index in [1.54, 1.807) is 0 Å². The summed E-state index contributed by atoms with van der Waals surface area (Å²) in [6, 6.07) is 0.582. The fraction of sp³-hybridized carbons (Fsp3) is 0.900. The minimum absolute atomic E-state index is 0.138. The zero-order chi connectivity index (χ0) is 17.4. The molecule has 4 atom stereocenters. The van der Waals surface area contributed by atoms with Crippen LogP contribution < -0.4 is 0 Å². The second kappa shape index (κ2) is 7.26. The maximum absolute atomic E-state index is 13.1. The van der Waals surface area contributed by atoms with Gasteiger partial charge in [0.2, 0.25) is 11.8 Å². The van der Waals surface area contributed by atoms with E-state index in [1.165, 1.54) is 25.7 Å². The van der Waals surface area contributed by atoms with Gasteiger partial charge in [-0.1, -0.05) is 13.3 Å². The van der Waals surface area contributed by atoms with Crippen LogP contribution in [0.25, 0.3) is 0 Å². The van der Waals surface area contributed by atoms with Crippen LogP contribution in [0, 0.1) is 11.8 Å². The molecular formula is C20H33N3O2. The average Bonchev–Trinajstić information content (AvgIpc) is 3.30. The standard InChI is InChI=1S/C20H33N3O2/c1-2-19(24)23-8-4-3-5-17(23)20(25)22-11-9-21(10-12-22)18-14-15-6-7-16(18)13-15/h15-18H,2-14H2,1H3. The van der Waals surface area contributed by atoms with E-state index in [9.17, 15) is 9.59 Å². The lowest BCUT2D eigenvalue weighted by Crippen LogP contribution is -2.58. The van der Waals surface area contributed by atoms with E-state index in [0.717, 1.165) is 69.9 Å². The van der Waals surface area contributed by atoms with Gasteiger partial charge in [-0.05, 0) is 50.4 Å². The highest BCUT2D eigenvalue weighted by atomic mass is 16.2. The maximum Gasteiger partial charge on any atom is 0.245 e. The molecule has 0 spiro atoms. The summed E-state index contributed by atoms with van der Waals surface area (Å²) in [7, 11) is 0. The molecule has 0 aromatic heterocycles. The lowest BCUT2D eigenvalue weighted by Gasteiger charge is -2.43. The van der Waals surface area contributed by atoms with Gasteiger partial charge in [-0.15, -0.1) is 0 Å². The number of likely N-dealkylation sites (tertiary alicyclic amines) is 1. The molecule has 2 aliphatic carbocycles. The molecule has 4 unspecified atom stereocenters. The lowest BCUT2D eigenvalue weighted by molar-refractivity contribution is -0.149. The number of amides is 2. The Morgan fingerprint density at radius 1 is 0.920 bits per heavy atom. The average molecular weight is 348 g/mol. The summed E-state index contributed by atoms with van der Waals surface area (Å²) in [5.74, 6) is 2.24. The first kappa shape index (κ1) is 17.3. The zero-order valence-corrected chi connectivity index (χ0v) is 15.7. The Morgan fingerprint density at radius 2 is 1.72 bits per heavy atom. The molecule has 2 saturated heterocycles. The number of carbonyl (C=O) groups is 2. The second-order valence-electron chi connectivity index (χ2n) is 8.56. The van der Waals surface area contributed by atoms with Crippen molar-refractivity contribution in [3.8, 4) is 0 Å². The van der Waals surface area contributed by atoms with Gasteiger partial charge in [0.15, 0.2) is 0 Å². The van der Waals surface area contributed by atoms with Crippen molar-refractivity contribution in [2.45, 2.75) is 70.4 Å². The molecule has 4 fully saturated rings. The summed E-state index contributed by atoms with van der Waals surface area (Å²) in [4.78, 5) is 31.8. The fourth-order valence-electron chi connectivity index (χ4n) is 5.83. The van der Waals surface area contributed by atoms with Crippen LogP contribution >= 0.6 is 0 Å². The number of rotatable bonds is 3. The number of piperazine rings is 1. The molecule has 0 radical (unpaired) electrons. The number of hydrogen-bond acceptors (Lipinski definition) is 3. The minimum Gasteiger partial charge on any atom is -0.338 e. The summed E-state index contributed by atoms with van der Waals surface area (Å²) in [5, 5.41) is 0. The topological polar surface area (TPSA) is 43.9 Å². The van der Waals surface area contributed by atoms with Crippen LogP contribution in [0.4, 0.5) is 0 Å². The third-order valence-corrected chi connectivity index (χ3v) is 7.21. The van der Waals surface area contributed by atoms with Crippen LogP contribution in [0.15, 0.2) is 0 Å². The second-order valence-corrected chi connectivity index (χ2v) is 8.56. The van der Waals surface area contributed by atoms with E-state index in [1.807, 2.05) is 16.7 Å². The van der Waals surface area contributed by atoms with Gasteiger partial charge < -0.3 is 9.80 Å². The van der Waals surface area contributed by atoms with Gasteiger partial charge in [-0.2, -0.15) is 0 Å². The highest BCUT2D eigenvalue weighted by molar-refractivity contribution is 5.88. The van der Waals surface area contributed by atoms with Crippen molar-refractivity contribution in [2.24, 2.45) is 11.8 Å². The monoisotopic (exact) mass is 347 g/mol.